The van der Waals surface area contributed by atoms with Crippen LogP contribution in [0, 0.1) is 0 Å². The van der Waals surface area contributed by atoms with E-state index in [0.29, 0.717) is 41.3 Å². The third-order valence-corrected chi connectivity index (χ3v) is 9.17. The number of nitrogens with one attached hydrogen (secondary N) is 2. The van der Waals surface area contributed by atoms with Crippen LogP contribution in [-0.4, -0.2) is 66.9 Å². The average Bonchev–Trinajstić information content (AvgIpc) is 3.73. The molecule has 0 bridgehead atoms. The van der Waals surface area contributed by atoms with E-state index >= 15 is 0 Å². The van der Waals surface area contributed by atoms with Crippen LogP contribution in [0.3, 0.4) is 0 Å². The van der Waals surface area contributed by atoms with Gasteiger partial charge in [-0.05, 0) is 31.2 Å². The van der Waals surface area contributed by atoms with Gasteiger partial charge in [0.05, 0.1) is 17.9 Å². The van der Waals surface area contributed by atoms with Gasteiger partial charge in [-0.1, -0.05) is 61.4 Å². The monoisotopic (exact) mass is 597 g/mol. The molecule has 1 aliphatic heterocycles. The van der Waals surface area contributed by atoms with Crippen molar-refractivity contribution in [2.24, 2.45) is 7.05 Å². The van der Waals surface area contributed by atoms with E-state index in [1.807, 2.05) is 47.3 Å². The second-order valence-electron chi connectivity index (χ2n) is 10.4. The maximum atomic E-state index is 13.0. The molecule has 2 N–H and O–H groups in total. The van der Waals surface area contributed by atoms with Crippen LogP contribution in [-0.2, 0) is 34.4 Å². The largest absolute Gasteiger partial charge is 0.445 e. The minimum absolute atomic E-state index is 0.0246. The quantitative estimate of drug-likeness (QED) is 0.334. The number of likely N-dealkylation sites (tertiary alicyclic amines) is 1. The van der Waals surface area contributed by atoms with Crippen LogP contribution in [0.5, 0.6) is 0 Å². The van der Waals surface area contributed by atoms with Crippen molar-refractivity contribution in [3.63, 3.8) is 0 Å². The Morgan fingerprint density at radius 1 is 1.07 bits per heavy atom. The van der Waals surface area contributed by atoms with Gasteiger partial charge < -0.3 is 19.9 Å². The number of hydrogen-bond acceptors (Lipinski definition) is 9. The van der Waals surface area contributed by atoms with Gasteiger partial charge in [0.25, 0.3) is 0 Å². The number of rotatable bonds is 10. The third-order valence-electron chi connectivity index (χ3n) is 7.34. The molecule has 13 heteroatoms. The summed E-state index contributed by atoms with van der Waals surface area (Å²) < 4.78 is 7.31. The molecule has 0 unspecified atom stereocenters. The summed E-state index contributed by atoms with van der Waals surface area (Å²) >= 11 is 2.69. The smallest absolute Gasteiger partial charge is 0.410 e. The fraction of sp³-hybridized carbons (Fsp3) is 0.500. The van der Waals surface area contributed by atoms with Crippen LogP contribution in [0.15, 0.2) is 40.9 Å². The van der Waals surface area contributed by atoms with E-state index in [1.165, 1.54) is 47.3 Å². The molecular formula is C28H35N7O4S2. The van der Waals surface area contributed by atoms with Crippen LogP contribution in [0.25, 0.3) is 0 Å². The zero-order valence-electron chi connectivity index (χ0n) is 23.1. The van der Waals surface area contributed by atoms with E-state index in [-0.39, 0.29) is 24.5 Å². The van der Waals surface area contributed by atoms with Crippen LogP contribution >= 0.6 is 23.1 Å². The summed E-state index contributed by atoms with van der Waals surface area (Å²) in [4.78, 5) is 44.1. The fourth-order valence-corrected chi connectivity index (χ4v) is 6.58. The van der Waals surface area contributed by atoms with Crippen LogP contribution < -0.4 is 10.6 Å². The van der Waals surface area contributed by atoms with Crippen molar-refractivity contribution in [2.45, 2.75) is 75.2 Å². The SMILES string of the molecule is Cn1c(Cc2csc(NC(=O)[C@@H]3CCCN3C(=O)OCc3ccccc3)n2)nnc1SCC(=O)NC1CCCCC1. The summed E-state index contributed by atoms with van der Waals surface area (Å²) in [5.41, 5.74) is 1.64. The van der Waals surface area contributed by atoms with E-state index in [1.54, 1.807) is 0 Å². The molecule has 3 amide bonds. The zero-order chi connectivity index (χ0) is 28.6. The number of aromatic nitrogens is 4. The van der Waals surface area contributed by atoms with Gasteiger partial charge in [0, 0.05) is 25.0 Å². The standard InChI is InChI=1S/C28H35N7O4S2/c1-34-23(32-33-27(34)41-18-24(36)29-20-11-6-3-7-12-20)15-21-17-40-26(30-21)31-25(37)22-13-8-14-35(22)28(38)39-16-19-9-4-2-5-10-19/h2,4-5,9-10,17,20,22H,3,6-8,11-16,18H2,1H3,(H,29,36)(H,30,31,37)/t22-/m0/s1. The van der Waals surface area contributed by atoms with Crippen molar-refractivity contribution < 1.29 is 19.1 Å². The number of carbonyl (C=O) groups is 3. The molecule has 11 nitrogen and oxygen atoms in total. The lowest BCUT2D eigenvalue weighted by Gasteiger charge is -2.22. The van der Waals surface area contributed by atoms with Crippen molar-refractivity contribution >= 4 is 46.1 Å². The highest BCUT2D eigenvalue weighted by Gasteiger charge is 2.35. The van der Waals surface area contributed by atoms with Crippen molar-refractivity contribution in [3.05, 3.63) is 52.8 Å². The minimum Gasteiger partial charge on any atom is -0.445 e. The number of nitrogens with zero attached hydrogens (tertiary/aromatic N) is 5. The molecule has 0 radical (unpaired) electrons. The Bertz CT molecular complexity index is 1340. The highest BCUT2D eigenvalue weighted by Crippen LogP contribution is 2.24. The summed E-state index contributed by atoms with van der Waals surface area (Å²) in [6.07, 6.45) is 6.97. The van der Waals surface area contributed by atoms with E-state index in [2.05, 4.69) is 25.8 Å². The van der Waals surface area contributed by atoms with Crippen molar-refractivity contribution in [3.8, 4) is 0 Å². The first-order valence-corrected chi connectivity index (χ1v) is 15.9. The molecule has 3 aromatic rings. The zero-order valence-corrected chi connectivity index (χ0v) is 24.7. The molecule has 0 spiro atoms. The van der Waals surface area contributed by atoms with Gasteiger partial charge >= 0.3 is 6.09 Å². The van der Waals surface area contributed by atoms with Gasteiger partial charge in [0.15, 0.2) is 10.3 Å². The molecule has 1 aliphatic carbocycles. The number of thiazole rings is 1. The summed E-state index contributed by atoms with van der Waals surface area (Å²) in [5.74, 6) is 0.764. The van der Waals surface area contributed by atoms with Crippen LogP contribution in [0.2, 0.25) is 0 Å². The second kappa shape index (κ2) is 13.9. The number of ether oxygens (including phenoxy) is 1. The van der Waals surface area contributed by atoms with Gasteiger partial charge in [0.2, 0.25) is 11.8 Å². The average molecular weight is 598 g/mol. The van der Waals surface area contributed by atoms with Gasteiger partial charge in [-0.2, -0.15) is 0 Å². The van der Waals surface area contributed by atoms with E-state index < -0.39 is 12.1 Å². The maximum absolute atomic E-state index is 13.0. The molecular weight excluding hydrogens is 562 g/mol. The van der Waals surface area contributed by atoms with Crippen molar-refractivity contribution in [1.29, 1.82) is 0 Å². The van der Waals surface area contributed by atoms with E-state index in [0.717, 1.165) is 30.5 Å². The molecule has 1 atom stereocenters. The molecule has 1 saturated carbocycles. The Balaban J connectivity index is 1.10. The Hall–Kier alpha value is -3.45. The van der Waals surface area contributed by atoms with E-state index in [4.69, 9.17) is 4.74 Å². The first-order valence-electron chi connectivity index (χ1n) is 14.0. The molecule has 2 aromatic heterocycles. The van der Waals surface area contributed by atoms with E-state index in [9.17, 15) is 14.4 Å². The predicted molar refractivity (Wildman–Crippen MR) is 157 cm³/mol. The lowest BCUT2D eigenvalue weighted by molar-refractivity contribution is -0.120. The molecule has 1 aromatic carbocycles. The number of carbonyl (C=O) groups excluding carboxylic acids is 3. The van der Waals surface area contributed by atoms with Crippen molar-refractivity contribution in [1.82, 2.24) is 30.0 Å². The third kappa shape index (κ3) is 7.85. The number of amides is 3. The summed E-state index contributed by atoms with van der Waals surface area (Å²) in [6, 6.07) is 9.15. The normalized spacial score (nSPS) is 17.4. The summed E-state index contributed by atoms with van der Waals surface area (Å²) in [5, 5.41) is 17.5. The van der Waals surface area contributed by atoms with Crippen LogP contribution in [0.1, 0.15) is 62.0 Å². The lowest BCUT2D eigenvalue weighted by Crippen LogP contribution is -2.43. The van der Waals surface area contributed by atoms with Gasteiger partial charge in [-0.15, -0.1) is 21.5 Å². The Labute approximate surface area is 247 Å². The van der Waals surface area contributed by atoms with Gasteiger partial charge in [-0.25, -0.2) is 9.78 Å². The number of thioether (sulfide) groups is 1. The predicted octanol–water partition coefficient (Wildman–Crippen LogP) is 4.14. The number of anilines is 1. The summed E-state index contributed by atoms with van der Waals surface area (Å²) in [7, 11) is 1.87. The second-order valence-corrected chi connectivity index (χ2v) is 12.2. The van der Waals surface area contributed by atoms with Gasteiger partial charge in [0.1, 0.15) is 18.5 Å². The maximum Gasteiger partial charge on any atom is 0.410 e. The molecule has 2 aliphatic rings. The molecule has 3 heterocycles. The first-order chi connectivity index (χ1) is 20.0. The highest BCUT2D eigenvalue weighted by molar-refractivity contribution is 7.99. The topological polar surface area (TPSA) is 131 Å². The first kappa shape index (κ1) is 29.1. The summed E-state index contributed by atoms with van der Waals surface area (Å²) in [6.45, 7) is 0.639. The van der Waals surface area contributed by atoms with Crippen LogP contribution in [0.4, 0.5) is 9.93 Å². The minimum atomic E-state index is -0.598. The van der Waals surface area contributed by atoms with Crippen molar-refractivity contribution in [2.75, 3.05) is 17.6 Å². The highest BCUT2D eigenvalue weighted by atomic mass is 32.2. The molecule has 218 valence electrons. The number of benzene rings is 1. The molecule has 1 saturated heterocycles. The fourth-order valence-electron chi connectivity index (χ4n) is 5.13. The van der Waals surface area contributed by atoms with Gasteiger partial charge in [-0.3, -0.25) is 14.5 Å². The Morgan fingerprint density at radius 3 is 2.68 bits per heavy atom. The Kier molecular flexibility index (Phi) is 9.88. The molecule has 5 rings (SSSR count). The Morgan fingerprint density at radius 2 is 1.88 bits per heavy atom. The number of hydrogen-bond donors (Lipinski definition) is 2. The molecule has 2 fully saturated rings. The molecule has 41 heavy (non-hydrogen) atoms. The lowest BCUT2D eigenvalue weighted by atomic mass is 9.95.